The largest absolute Gasteiger partial charge is 0.492 e. The Balaban J connectivity index is 1.19. The van der Waals surface area contributed by atoms with Crippen molar-refractivity contribution in [2.24, 2.45) is 5.92 Å². The zero-order valence-electron chi connectivity index (χ0n) is 20.3. The molecule has 1 heterocycles. The van der Waals surface area contributed by atoms with Crippen LogP contribution < -0.4 is 14.4 Å². The standard InChI is InChI=1S/C26H35BrIN3O3S/c1-2-34-26-19-21(27)5-12-25(26)31-17-15-30(16-18-31)14-13-20-3-8-23(9-4-20)29-35(32,33)24-10-6-22(28)7-11-24/h5-7,10-12,19-20,23,29H,2-4,8-9,13-18H2,1H3. The highest BCUT2D eigenvalue weighted by Gasteiger charge is 2.27. The summed E-state index contributed by atoms with van der Waals surface area (Å²) in [5.74, 6) is 1.63. The second kappa shape index (κ2) is 12.6. The molecule has 0 atom stereocenters. The predicted molar refractivity (Wildman–Crippen MR) is 154 cm³/mol. The van der Waals surface area contributed by atoms with Crippen molar-refractivity contribution < 1.29 is 13.2 Å². The molecule has 0 unspecified atom stereocenters. The van der Waals surface area contributed by atoms with Gasteiger partial charge in [-0.05, 0) is 117 Å². The first kappa shape index (κ1) is 27.2. The number of halogens is 2. The number of rotatable bonds is 9. The lowest BCUT2D eigenvalue weighted by Gasteiger charge is -2.37. The summed E-state index contributed by atoms with van der Waals surface area (Å²) in [5.41, 5.74) is 1.18. The van der Waals surface area contributed by atoms with E-state index >= 15 is 0 Å². The second-order valence-electron chi connectivity index (χ2n) is 9.46. The maximum atomic E-state index is 12.7. The molecule has 1 N–H and O–H groups in total. The fourth-order valence-electron chi connectivity index (χ4n) is 5.07. The van der Waals surface area contributed by atoms with Gasteiger partial charge in [-0.15, -0.1) is 0 Å². The molecule has 2 aromatic rings. The average molecular weight is 676 g/mol. The van der Waals surface area contributed by atoms with Crippen molar-refractivity contribution in [2.45, 2.75) is 50.0 Å². The fraction of sp³-hybridized carbons (Fsp3) is 0.538. The summed E-state index contributed by atoms with van der Waals surface area (Å²) < 4.78 is 36.3. The van der Waals surface area contributed by atoms with Gasteiger partial charge >= 0.3 is 0 Å². The molecule has 0 aromatic heterocycles. The molecule has 0 radical (unpaired) electrons. The first-order valence-electron chi connectivity index (χ1n) is 12.5. The number of nitrogens with one attached hydrogen (secondary N) is 1. The number of sulfonamides is 1. The van der Waals surface area contributed by atoms with Crippen LogP contribution >= 0.6 is 38.5 Å². The second-order valence-corrected chi connectivity index (χ2v) is 13.3. The van der Waals surface area contributed by atoms with Crippen molar-refractivity contribution in [1.82, 2.24) is 9.62 Å². The Labute approximate surface area is 232 Å². The van der Waals surface area contributed by atoms with E-state index in [1.165, 1.54) is 12.1 Å². The fourth-order valence-corrected chi connectivity index (χ4v) is 7.07. The lowest BCUT2D eigenvalue weighted by Crippen LogP contribution is -2.47. The smallest absolute Gasteiger partial charge is 0.240 e. The number of hydrogen-bond acceptors (Lipinski definition) is 5. The molecule has 2 aliphatic rings. The van der Waals surface area contributed by atoms with Crippen LogP contribution in [0, 0.1) is 9.49 Å². The van der Waals surface area contributed by atoms with E-state index in [1.54, 1.807) is 12.1 Å². The third-order valence-electron chi connectivity index (χ3n) is 7.08. The molecule has 0 bridgehead atoms. The average Bonchev–Trinajstić information content (AvgIpc) is 2.84. The van der Waals surface area contributed by atoms with Crippen LogP contribution in [0.5, 0.6) is 5.75 Å². The van der Waals surface area contributed by atoms with Crippen LogP contribution in [0.25, 0.3) is 0 Å². The summed E-state index contributed by atoms with van der Waals surface area (Å²) in [7, 11) is -3.44. The number of nitrogens with zero attached hydrogens (tertiary/aromatic N) is 2. The van der Waals surface area contributed by atoms with Crippen molar-refractivity contribution in [3.63, 3.8) is 0 Å². The normalized spacial score (nSPS) is 21.7. The van der Waals surface area contributed by atoms with Crippen molar-refractivity contribution >= 4 is 54.2 Å². The maximum Gasteiger partial charge on any atom is 0.240 e. The Bertz CT molecular complexity index is 1070. The summed E-state index contributed by atoms with van der Waals surface area (Å²) in [6, 6.07) is 13.4. The third kappa shape index (κ3) is 7.56. The monoisotopic (exact) mass is 675 g/mol. The van der Waals surface area contributed by atoms with Gasteiger partial charge in [-0.2, -0.15) is 0 Å². The molecule has 4 rings (SSSR count). The van der Waals surface area contributed by atoms with E-state index in [9.17, 15) is 8.42 Å². The van der Waals surface area contributed by atoms with Gasteiger partial charge in [-0.3, -0.25) is 4.90 Å². The van der Waals surface area contributed by atoms with E-state index in [4.69, 9.17) is 4.74 Å². The molecule has 192 valence electrons. The molecule has 2 fully saturated rings. The van der Waals surface area contributed by atoms with E-state index in [-0.39, 0.29) is 6.04 Å². The highest BCUT2D eigenvalue weighted by molar-refractivity contribution is 14.1. The minimum Gasteiger partial charge on any atom is -0.492 e. The van der Waals surface area contributed by atoms with Crippen LogP contribution in [0.15, 0.2) is 51.8 Å². The number of anilines is 1. The molecule has 1 saturated heterocycles. The van der Waals surface area contributed by atoms with Crippen molar-refractivity contribution in [2.75, 3.05) is 44.2 Å². The van der Waals surface area contributed by atoms with Crippen LogP contribution in [0.3, 0.4) is 0 Å². The lowest BCUT2D eigenvalue weighted by atomic mass is 9.84. The van der Waals surface area contributed by atoms with Gasteiger partial charge in [-0.1, -0.05) is 15.9 Å². The molecule has 9 heteroatoms. The molecule has 0 amide bonds. The minimum atomic E-state index is -3.44. The summed E-state index contributed by atoms with van der Waals surface area (Å²) in [4.78, 5) is 5.36. The summed E-state index contributed by atoms with van der Waals surface area (Å²) >= 11 is 5.74. The Kier molecular flexibility index (Phi) is 9.76. The van der Waals surface area contributed by atoms with Crippen LogP contribution in [0.1, 0.15) is 39.0 Å². The molecule has 2 aromatic carbocycles. The topological polar surface area (TPSA) is 61.9 Å². The van der Waals surface area contributed by atoms with Gasteiger partial charge in [0.05, 0.1) is 17.2 Å². The Hall–Kier alpha value is -0.880. The highest BCUT2D eigenvalue weighted by Crippen LogP contribution is 2.33. The van der Waals surface area contributed by atoms with Gasteiger partial charge in [0.15, 0.2) is 0 Å². The van der Waals surface area contributed by atoms with Crippen LogP contribution in [0.2, 0.25) is 0 Å². The van der Waals surface area contributed by atoms with Crippen LogP contribution in [0.4, 0.5) is 5.69 Å². The van der Waals surface area contributed by atoms with Crippen molar-refractivity contribution in [3.05, 3.63) is 50.5 Å². The molecule has 6 nitrogen and oxygen atoms in total. The summed E-state index contributed by atoms with van der Waals surface area (Å²) in [6.45, 7) is 7.95. The molecule has 1 aliphatic heterocycles. The molecular formula is C26H35BrIN3O3S. The minimum absolute atomic E-state index is 0.0458. The van der Waals surface area contributed by atoms with E-state index in [1.807, 2.05) is 19.1 Å². The lowest BCUT2D eigenvalue weighted by molar-refractivity contribution is 0.214. The van der Waals surface area contributed by atoms with Crippen LogP contribution in [-0.4, -0.2) is 58.7 Å². The van der Waals surface area contributed by atoms with Gasteiger partial charge in [0.1, 0.15) is 5.75 Å². The van der Waals surface area contributed by atoms with E-state index < -0.39 is 10.0 Å². The molecule has 35 heavy (non-hydrogen) atoms. The van der Waals surface area contributed by atoms with E-state index in [0.29, 0.717) is 17.4 Å². The SMILES string of the molecule is CCOc1cc(Br)ccc1N1CCN(CCC2CCC(NS(=O)(=O)c3ccc(I)cc3)CC2)CC1. The van der Waals surface area contributed by atoms with Gasteiger partial charge in [0.2, 0.25) is 10.0 Å². The first-order chi connectivity index (χ1) is 16.8. The highest BCUT2D eigenvalue weighted by atomic mass is 127. The summed E-state index contributed by atoms with van der Waals surface area (Å²) in [6.07, 6.45) is 5.23. The van der Waals surface area contributed by atoms with Gasteiger partial charge in [0, 0.05) is 40.3 Å². The summed E-state index contributed by atoms with van der Waals surface area (Å²) in [5, 5.41) is 0. The maximum absolute atomic E-state index is 12.7. The molecule has 1 aliphatic carbocycles. The quantitative estimate of drug-likeness (QED) is 0.356. The van der Waals surface area contributed by atoms with Gasteiger partial charge in [-0.25, -0.2) is 13.1 Å². The molecule has 0 spiro atoms. The number of ether oxygens (including phenoxy) is 1. The molecule has 1 saturated carbocycles. The first-order valence-corrected chi connectivity index (χ1v) is 15.9. The van der Waals surface area contributed by atoms with Gasteiger partial charge in [0.25, 0.3) is 0 Å². The Morgan fingerprint density at radius 2 is 1.71 bits per heavy atom. The zero-order valence-corrected chi connectivity index (χ0v) is 24.8. The molecular weight excluding hydrogens is 641 g/mol. The van der Waals surface area contributed by atoms with Crippen LogP contribution in [-0.2, 0) is 10.0 Å². The third-order valence-corrected chi connectivity index (χ3v) is 9.83. The van der Waals surface area contributed by atoms with E-state index in [2.05, 4.69) is 71.2 Å². The predicted octanol–water partition coefficient (Wildman–Crippen LogP) is 5.50. The number of hydrogen-bond donors (Lipinski definition) is 1. The van der Waals surface area contributed by atoms with E-state index in [0.717, 1.165) is 72.2 Å². The zero-order chi connectivity index (χ0) is 24.8. The Morgan fingerprint density at radius 1 is 1.03 bits per heavy atom. The Morgan fingerprint density at radius 3 is 2.37 bits per heavy atom. The van der Waals surface area contributed by atoms with Gasteiger partial charge < -0.3 is 9.64 Å². The number of benzene rings is 2. The number of piperazine rings is 1. The van der Waals surface area contributed by atoms with Crippen molar-refractivity contribution in [1.29, 1.82) is 0 Å². The van der Waals surface area contributed by atoms with Crippen molar-refractivity contribution in [3.8, 4) is 5.75 Å².